The summed E-state index contributed by atoms with van der Waals surface area (Å²) in [5, 5.41) is 11.8. The second kappa shape index (κ2) is 8.83. The first-order valence-electron chi connectivity index (χ1n) is 11.7. The van der Waals surface area contributed by atoms with Crippen LogP contribution in [0.1, 0.15) is 43.0 Å². The number of carbonyl (C=O) groups is 2. The molecule has 0 unspecified atom stereocenters. The predicted octanol–water partition coefficient (Wildman–Crippen LogP) is 6.67. The molecule has 0 spiro atoms. The van der Waals surface area contributed by atoms with Crippen molar-refractivity contribution in [2.75, 3.05) is 11.9 Å². The van der Waals surface area contributed by atoms with Crippen molar-refractivity contribution >= 4 is 39.7 Å². The van der Waals surface area contributed by atoms with Crippen LogP contribution < -0.4 is 4.90 Å². The lowest BCUT2D eigenvalue weighted by molar-refractivity contribution is 0.0986. The Hall–Kier alpha value is -4.69. The fourth-order valence-electron chi connectivity index (χ4n) is 5.40. The molecule has 0 fully saturated rings. The third-order valence-corrected chi connectivity index (χ3v) is 6.75. The molecule has 5 aromatic rings. The largest absolute Gasteiger partial charge is 0.311 e. The van der Waals surface area contributed by atoms with Crippen LogP contribution in [0, 0.1) is 32.1 Å². The number of aldehydes is 1. The standard InChI is InChI=1S/C31H25N3O2/c1-19-15-20(2)29(21(3)16-19)33(4)31(36)28-23(18-35)10-8-14-27(28)34-26-13-6-5-11-24(26)25-12-7-9-22(17-32)30(25)34/h5-16,18H,1-4H3. The molecule has 0 bridgehead atoms. The minimum atomic E-state index is -0.289. The monoisotopic (exact) mass is 471 g/mol. The molecular weight excluding hydrogens is 446 g/mol. The van der Waals surface area contributed by atoms with E-state index in [9.17, 15) is 14.9 Å². The second-order valence-corrected chi connectivity index (χ2v) is 9.14. The summed E-state index contributed by atoms with van der Waals surface area (Å²) in [7, 11) is 1.74. The highest BCUT2D eigenvalue weighted by Gasteiger charge is 2.26. The second-order valence-electron chi connectivity index (χ2n) is 9.14. The molecule has 4 aromatic carbocycles. The topological polar surface area (TPSA) is 66.1 Å². The summed E-state index contributed by atoms with van der Waals surface area (Å²) in [6.45, 7) is 6.00. The third kappa shape index (κ3) is 3.47. The van der Waals surface area contributed by atoms with E-state index < -0.39 is 0 Å². The van der Waals surface area contributed by atoms with E-state index in [4.69, 9.17) is 0 Å². The highest BCUT2D eigenvalue weighted by molar-refractivity contribution is 6.16. The highest BCUT2D eigenvalue weighted by Crippen LogP contribution is 2.36. The molecule has 176 valence electrons. The Labute approximate surface area is 209 Å². The molecule has 1 heterocycles. The Balaban J connectivity index is 1.84. The zero-order chi connectivity index (χ0) is 25.6. The van der Waals surface area contributed by atoms with Gasteiger partial charge < -0.3 is 9.47 Å². The van der Waals surface area contributed by atoms with Gasteiger partial charge in [0.1, 0.15) is 6.07 Å². The molecule has 0 aliphatic rings. The SMILES string of the molecule is Cc1cc(C)c(N(C)C(=O)c2c(C=O)cccc2-n2c3ccccc3c3cccc(C#N)c32)c(C)c1. The van der Waals surface area contributed by atoms with Crippen LogP contribution in [-0.2, 0) is 0 Å². The Kier molecular flexibility index (Phi) is 5.66. The van der Waals surface area contributed by atoms with E-state index in [1.54, 1.807) is 30.1 Å². The molecule has 5 nitrogen and oxygen atoms in total. The summed E-state index contributed by atoms with van der Waals surface area (Å²) in [6.07, 6.45) is 0.721. The van der Waals surface area contributed by atoms with Crippen molar-refractivity contribution in [1.29, 1.82) is 5.26 Å². The van der Waals surface area contributed by atoms with Gasteiger partial charge in [0.05, 0.1) is 27.8 Å². The lowest BCUT2D eigenvalue weighted by atomic mass is 10.0. The summed E-state index contributed by atoms with van der Waals surface area (Å²) < 4.78 is 1.94. The lowest BCUT2D eigenvalue weighted by Crippen LogP contribution is -2.30. The molecule has 0 N–H and O–H groups in total. The summed E-state index contributed by atoms with van der Waals surface area (Å²) in [5.74, 6) is -0.289. The summed E-state index contributed by atoms with van der Waals surface area (Å²) in [4.78, 5) is 28.0. The molecule has 1 amide bonds. The molecule has 0 aliphatic heterocycles. The Morgan fingerprint density at radius 2 is 1.58 bits per heavy atom. The zero-order valence-electron chi connectivity index (χ0n) is 20.7. The maximum atomic E-state index is 14.1. The molecule has 0 atom stereocenters. The smallest absolute Gasteiger partial charge is 0.260 e. The number of carbonyl (C=O) groups excluding carboxylic acids is 2. The van der Waals surface area contributed by atoms with Gasteiger partial charge in [0.25, 0.3) is 5.91 Å². The first-order chi connectivity index (χ1) is 17.4. The van der Waals surface area contributed by atoms with E-state index in [2.05, 4.69) is 6.07 Å². The number of nitriles is 1. The van der Waals surface area contributed by atoms with Gasteiger partial charge >= 0.3 is 0 Å². The third-order valence-electron chi connectivity index (χ3n) is 6.75. The van der Waals surface area contributed by atoms with E-state index >= 15 is 0 Å². The quantitative estimate of drug-likeness (QED) is 0.275. The van der Waals surface area contributed by atoms with Crippen molar-refractivity contribution in [2.24, 2.45) is 0 Å². The van der Waals surface area contributed by atoms with Crippen LogP contribution in [0.25, 0.3) is 27.5 Å². The number of hydrogen-bond acceptors (Lipinski definition) is 3. The van der Waals surface area contributed by atoms with Crippen molar-refractivity contribution < 1.29 is 9.59 Å². The average molecular weight is 472 g/mol. The maximum Gasteiger partial charge on any atom is 0.260 e. The lowest BCUT2D eigenvalue weighted by Gasteiger charge is -2.25. The minimum absolute atomic E-state index is 0.289. The first-order valence-corrected chi connectivity index (χ1v) is 11.7. The van der Waals surface area contributed by atoms with Gasteiger partial charge in [-0.05, 0) is 50.1 Å². The van der Waals surface area contributed by atoms with Gasteiger partial charge in [0, 0.05) is 29.1 Å². The number of amides is 1. The number of hydrogen-bond donors (Lipinski definition) is 0. The number of benzene rings is 4. The van der Waals surface area contributed by atoms with Gasteiger partial charge in [0.15, 0.2) is 6.29 Å². The molecule has 5 rings (SSSR count). The van der Waals surface area contributed by atoms with Crippen molar-refractivity contribution in [3.8, 4) is 11.8 Å². The number of nitrogens with zero attached hydrogens (tertiary/aromatic N) is 3. The van der Waals surface area contributed by atoms with Crippen LogP contribution in [0.4, 0.5) is 5.69 Å². The van der Waals surface area contributed by atoms with Crippen LogP contribution in [0.15, 0.2) is 72.8 Å². The molecule has 0 saturated heterocycles. The molecule has 5 heteroatoms. The number of para-hydroxylation sites is 2. The van der Waals surface area contributed by atoms with Crippen LogP contribution in [-0.4, -0.2) is 23.8 Å². The van der Waals surface area contributed by atoms with Gasteiger partial charge in [-0.1, -0.05) is 60.2 Å². The Bertz CT molecular complexity index is 1710. The van der Waals surface area contributed by atoms with Gasteiger partial charge in [-0.15, -0.1) is 0 Å². The van der Waals surface area contributed by atoms with Crippen molar-refractivity contribution in [2.45, 2.75) is 20.8 Å². The van der Waals surface area contributed by atoms with Crippen LogP contribution in [0.5, 0.6) is 0 Å². The summed E-state index contributed by atoms with van der Waals surface area (Å²) >= 11 is 0. The summed E-state index contributed by atoms with van der Waals surface area (Å²) in [5.41, 5.74) is 7.13. The van der Waals surface area contributed by atoms with Crippen molar-refractivity contribution in [3.63, 3.8) is 0 Å². The molecule has 0 saturated carbocycles. The highest BCUT2D eigenvalue weighted by atomic mass is 16.2. The van der Waals surface area contributed by atoms with Gasteiger partial charge in [-0.3, -0.25) is 9.59 Å². The van der Waals surface area contributed by atoms with Crippen LogP contribution >= 0.6 is 0 Å². The van der Waals surface area contributed by atoms with E-state index in [1.165, 1.54) is 0 Å². The van der Waals surface area contributed by atoms with Crippen LogP contribution in [0.3, 0.4) is 0 Å². The predicted molar refractivity (Wildman–Crippen MR) is 144 cm³/mol. The van der Waals surface area contributed by atoms with Gasteiger partial charge in [-0.25, -0.2) is 0 Å². The van der Waals surface area contributed by atoms with E-state index in [-0.39, 0.29) is 5.91 Å². The minimum Gasteiger partial charge on any atom is -0.311 e. The molecule has 0 aliphatic carbocycles. The maximum absolute atomic E-state index is 14.1. The number of aryl methyl sites for hydroxylation is 3. The summed E-state index contributed by atoms with van der Waals surface area (Å²) in [6, 6.07) is 25.1. The normalized spacial score (nSPS) is 11.0. The number of fused-ring (bicyclic) bond motifs is 3. The molecule has 1 aromatic heterocycles. The number of aromatic nitrogens is 1. The van der Waals surface area contributed by atoms with E-state index in [0.29, 0.717) is 27.9 Å². The average Bonchev–Trinajstić information content (AvgIpc) is 3.21. The van der Waals surface area contributed by atoms with Crippen LogP contribution in [0.2, 0.25) is 0 Å². The first kappa shape index (κ1) is 23.1. The van der Waals surface area contributed by atoms with Gasteiger partial charge in [0.2, 0.25) is 0 Å². The molecular formula is C31H25N3O2. The van der Waals surface area contributed by atoms with E-state index in [0.717, 1.165) is 45.0 Å². The molecule has 36 heavy (non-hydrogen) atoms. The zero-order valence-corrected chi connectivity index (χ0v) is 20.7. The van der Waals surface area contributed by atoms with Crippen molar-refractivity contribution in [1.82, 2.24) is 4.57 Å². The Morgan fingerprint density at radius 3 is 2.28 bits per heavy atom. The number of anilines is 1. The van der Waals surface area contributed by atoms with E-state index in [1.807, 2.05) is 79.9 Å². The number of rotatable bonds is 4. The van der Waals surface area contributed by atoms with Gasteiger partial charge in [-0.2, -0.15) is 5.26 Å². The Morgan fingerprint density at radius 1 is 0.917 bits per heavy atom. The van der Waals surface area contributed by atoms with Crippen molar-refractivity contribution in [3.05, 3.63) is 106 Å². The fraction of sp³-hybridized carbons (Fsp3) is 0.129. The fourth-order valence-corrected chi connectivity index (χ4v) is 5.40. The molecule has 0 radical (unpaired) electrons.